The molecule has 0 spiro atoms. The summed E-state index contributed by atoms with van der Waals surface area (Å²) >= 11 is 0. The SMILES string of the molecule is CCN(CC)CCn1c(Cc2ccc(OC)cc2)nc2cc([N+](=O)[O-])ccc21. The molecule has 148 valence electrons. The Morgan fingerprint density at radius 1 is 1.14 bits per heavy atom. The smallest absolute Gasteiger partial charge is 0.271 e. The van der Waals surface area contributed by atoms with Gasteiger partial charge in [-0.05, 0) is 36.9 Å². The molecule has 0 unspecified atom stereocenters. The number of methoxy groups -OCH3 is 1. The van der Waals surface area contributed by atoms with Crippen LogP contribution < -0.4 is 4.74 Å². The van der Waals surface area contributed by atoms with Gasteiger partial charge in [0.05, 0.1) is 23.1 Å². The first kappa shape index (κ1) is 19.8. The van der Waals surface area contributed by atoms with Crippen molar-refractivity contribution in [1.29, 1.82) is 0 Å². The minimum atomic E-state index is -0.377. The molecule has 7 heteroatoms. The van der Waals surface area contributed by atoms with E-state index in [2.05, 4.69) is 23.3 Å². The summed E-state index contributed by atoms with van der Waals surface area (Å²) < 4.78 is 7.41. The van der Waals surface area contributed by atoms with Crippen molar-refractivity contribution < 1.29 is 9.66 Å². The largest absolute Gasteiger partial charge is 0.497 e. The van der Waals surface area contributed by atoms with E-state index in [9.17, 15) is 10.1 Å². The molecule has 0 saturated carbocycles. The quantitative estimate of drug-likeness (QED) is 0.415. The molecule has 3 aromatic rings. The number of non-ortho nitro benzene ring substituents is 1. The third-order valence-electron chi connectivity index (χ3n) is 5.08. The molecule has 1 heterocycles. The van der Waals surface area contributed by atoms with Crippen LogP contribution in [0.4, 0.5) is 5.69 Å². The lowest BCUT2D eigenvalue weighted by molar-refractivity contribution is -0.384. The van der Waals surface area contributed by atoms with Gasteiger partial charge >= 0.3 is 0 Å². The molecule has 2 aromatic carbocycles. The number of nitro groups is 1. The Balaban J connectivity index is 1.97. The van der Waals surface area contributed by atoms with E-state index in [1.54, 1.807) is 25.3 Å². The van der Waals surface area contributed by atoms with Gasteiger partial charge in [-0.1, -0.05) is 26.0 Å². The monoisotopic (exact) mass is 382 g/mol. The maximum absolute atomic E-state index is 11.1. The van der Waals surface area contributed by atoms with E-state index in [0.29, 0.717) is 11.9 Å². The van der Waals surface area contributed by atoms with Gasteiger partial charge in [-0.3, -0.25) is 10.1 Å². The topological polar surface area (TPSA) is 73.4 Å². The molecule has 0 aliphatic rings. The molecule has 1 aromatic heterocycles. The first-order valence-electron chi connectivity index (χ1n) is 9.54. The van der Waals surface area contributed by atoms with Crippen LogP contribution in [0.15, 0.2) is 42.5 Å². The predicted octanol–water partition coefficient (Wildman–Crippen LogP) is 3.89. The molecule has 0 aliphatic carbocycles. The summed E-state index contributed by atoms with van der Waals surface area (Å²) in [4.78, 5) is 17.8. The Hall–Kier alpha value is -2.93. The molecule has 7 nitrogen and oxygen atoms in total. The summed E-state index contributed by atoms with van der Waals surface area (Å²) in [5, 5.41) is 11.1. The highest BCUT2D eigenvalue weighted by molar-refractivity contribution is 5.78. The molecule has 0 radical (unpaired) electrons. The average molecular weight is 382 g/mol. The van der Waals surface area contributed by atoms with Gasteiger partial charge in [-0.15, -0.1) is 0 Å². The van der Waals surface area contributed by atoms with Crippen molar-refractivity contribution in [1.82, 2.24) is 14.5 Å². The Bertz CT molecular complexity index is 946. The standard InChI is InChI=1S/C21H26N4O3/c1-4-23(5-2)12-13-24-20-11-8-17(25(26)27)15-19(20)22-21(24)14-16-6-9-18(28-3)10-7-16/h6-11,15H,4-5,12-14H2,1-3H3. The van der Waals surface area contributed by atoms with Gasteiger partial charge in [0, 0.05) is 31.6 Å². The molecule has 0 atom stereocenters. The van der Waals surface area contributed by atoms with Crippen LogP contribution in [0, 0.1) is 10.1 Å². The third-order valence-corrected chi connectivity index (χ3v) is 5.08. The van der Waals surface area contributed by atoms with E-state index >= 15 is 0 Å². The maximum Gasteiger partial charge on any atom is 0.271 e. The molecule has 0 fully saturated rings. The Morgan fingerprint density at radius 3 is 2.46 bits per heavy atom. The number of ether oxygens (including phenoxy) is 1. The van der Waals surface area contributed by atoms with Crippen molar-refractivity contribution in [2.75, 3.05) is 26.7 Å². The van der Waals surface area contributed by atoms with Gasteiger partial charge in [0.2, 0.25) is 0 Å². The number of likely N-dealkylation sites (N-methyl/N-ethyl adjacent to an activating group) is 1. The molecule has 0 saturated heterocycles. The second-order valence-corrected chi connectivity index (χ2v) is 6.66. The lowest BCUT2D eigenvalue weighted by atomic mass is 10.1. The van der Waals surface area contributed by atoms with Gasteiger partial charge < -0.3 is 14.2 Å². The summed E-state index contributed by atoms with van der Waals surface area (Å²) in [6.07, 6.45) is 0.657. The number of imidazole rings is 1. The summed E-state index contributed by atoms with van der Waals surface area (Å²) in [5.41, 5.74) is 2.78. The molecule has 0 aliphatic heterocycles. The summed E-state index contributed by atoms with van der Waals surface area (Å²) in [6.45, 7) is 7.98. The van der Waals surface area contributed by atoms with Crippen molar-refractivity contribution in [3.63, 3.8) is 0 Å². The first-order valence-corrected chi connectivity index (χ1v) is 9.54. The summed E-state index contributed by atoms with van der Waals surface area (Å²) in [6, 6.07) is 12.8. The van der Waals surface area contributed by atoms with Gasteiger partial charge in [-0.2, -0.15) is 0 Å². The van der Waals surface area contributed by atoms with Crippen LogP contribution >= 0.6 is 0 Å². The van der Waals surface area contributed by atoms with Crippen LogP contribution in [-0.4, -0.2) is 46.1 Å². The van der Waals surface area contributed by atoms with Crippen LogP contribution in [-0.2, 0) is 13.0 Å². The highest BCUT2D eigenvalue weighted by Crippen LogP contribution is 2.24. The minimum absolute atomic E-state index is 0.0666. The van der Waals surface area contributed by atoms with E-state index in [-0.39, 0.29) is 10.6 Å². The van der Waals surface area contributed by atoms with Crippen LogP contribution in [0.25, 0.3) is 11.0 Å². The molecule has 0 amide bonds. The number of hydrogen-bond donors (Lipinski definition) is 0. The second kappa shape index (κ2) is 8.84. The number of benzene rings is 2. The first-order chi connectivity index (χ1) is 13.5. The van der Waals surface area contributed by atoms with Crippen molar-refractivity contribution in [2.24, 2.45) is 0 Å². The van der Waals surface area contributed by atoms with Crippen molar-refractivity contribution >= 4 is 16.7 Å². The second-order valence-electron chi connectivity index (χ2n) is 6.66. The lowest BCUT2D eigenvalue weighted by Crippen LogP contribution is -2.27. The van der Waals surface area contributed by atoms with Gasteiger partial charge in [0.15, 0.2) is 0 Å². The summed E-state index contributed by atoms with van der Waals surface area (Å²) in [5.74, 6) is 1.72. The van der Waals surface area contributed by atoms with Crippen LogP contribution in [0.1, 0.15) is 25.2 Å². The summed E-state index contributed by atoms with van der Waals surface area (Å²) in [7, 11) is 1.65. The minimum Gasteiger partial charge on any atom is -0.497 e. The van der Waals surface area contributed by atoms with Crippen LogP contribution in [0.5, 0.6) is 5.75 Å². The van der Waals surface area contributed by atoms with E-state index in [0.717, 1.165) is 48.8 Å². The van der Waals surface area contributed by atoms with Crippen LogP contribution in [0.2, 0.25) is 0 Å². The number of fused-ring (bicyclic) bond motifs is 1. The van der Waals surface area contributed by atoms with Gasteiger partial charge in [-0.25, -0.2) is 4.98 Å². The fraction of sp³-hybridized carbons (Fsp3) is 0.381. The number of nitrogens with zero attached hydrogens (tertiary/aromatic N) is 4. The zero-order valence-corrected chi connectivity index (χ0v) is 16.6. The lowest BCUT2D eigenvalue weighted by Gasteiger charge is -2.19. The zero-order chi connectivity index (χ0) is 20.1. The van der Waals surface area contributed by atoms with Gasteiger partial charge in [0.1, 0.15) is 11.6 Å². The predicted molar refractivity (Wildman–Crippen MR) is 110 cm³/mol. The normalized spacial score (nSPS) is 11.3. The average Bonchev–Trinajstić information content (AvgIpc) is 3.05. The van der Waals surface area contributed by atoms with E-state index in [4.69, 9.17) is 9.72 Å². The Morgan fingerprint density at radius 2 is 1.86 bits per heavy atom. The molecule has 0 bridgehead atoms. The van der Waals surface area contributed by atoms with E-state index in [1.165, 1.54) is 0 Å². The molecular weight excluding hydrogens is 356 g/mol. The molecule has 28 heavy (non-hydrogen) atoms. The zero-order valence-electron chi connectivity index (χ0n) is 16.6. The molecule has 3 rings (SSSR count). The Labute approximate surface area is 164 Å². The Kier molecular flexibility index (Phi) is 6.26. The van der Waals surface area contributed by atoms with Crippen molar-refractivity contribution in [3.8, 4) is 5.75 Å². The maximum atomic E-state index is 11.1. The number of hydrogen-bond acceptors (Lipinski definition) is 5. The highest BCUT2D eigenvalue weighted by atomic mass is 16.6. The van der Waals surface area contributed by atoms with Crippen molar-refractivity contribution in [2.45, 2.75) is 26.8 Å². The van der Waals surface area contributed by atoms with E-state index in [1.807, 2.05) is 24.3 Å². The van der Waals surface area contributed by atoms with Gasteiger partial charge in [0.25, 0.3) is 5.69 Å². The highest BCUT2D eigenvalue weighted by Gasteiger charge is 2.15. The fourth-order valence-corrected chi connectivity index (χ4v) is 3.37. The number of nitro benzene ring substituents is 1. The molecular formula is C21H26N4O3. The van der Waals surface area contributed by atoms with E-state index < -0.39 is 0 Å². The molecule has 0 N–H and O–H groups in total. The third kappa shape index (κ3) is 4.31. The number of aromatic nitrogens is 2. The van der Waals surface area contributed by atoms with Crippen LogP contribution in [0.3, 0.4) is 0 Å². The number of rotatable bonds is 9. The fourth-order valence-electron chi connectivity index (χ4n) is 3.37. The van der Waals surface area contributed by atoms with Crippen molar-refractivity contribution in [3.05, 3.63) is 64.0 Å².